The lowest BCUT2D eigenvalue weighted by molar-refractivity contribution is -0.384. The van der Waals surface area contributed by atoms with E-state index in [9.17, 15) is 14.9 Å². The Labute approximate surface area is 112 Å². The lowest BCUT2D eigenvalue weighted by Crippen LogP contribution is -2.44. The number of nitrogen functional groups attached to an aromatic ring is 1. The molecule has 0 fully saturated rings. The van der Waals surface area contributed by atoms with Gasteiger partial charge in [0.15, 0.2) is 0 Å². The molecule has 0 bridgehead atoms. The van der Waals surface area contributed by atoms with Gasteiger partial charge in [-0.25, -0.2) is 0 Å². The fourth-order valence-corrected chi connectivity index (χ4v) is 1.63. The molecule has 0 radical (unpaired) electrons. The van der Waals surface area contributed by atoms with Crippen molar-refractivity contribution in [2.24, 2.45) is 0 Å². The summed E-state index contributed by atoms with van der Waals surface area (Å²) in [5.74, 6) is -0.397. The first-order valence-electron chi connectivity index (χ1n) is 6.03. The van der Waals surface area contributed by atoms with Crippen LogP contribution < -0.4 is 5.73 Å². The Kier molecular flexibility index (Phi) is 4.14. The second-order valence-electron chi connectivity index (χ2n) is 5.03. The largest absolute Gasteiger partial charge is 0.393 e. The predicted molar refractivity (Wildman–Crippen MR) is 74.0 cm³/mol. The molecule has 0 atom stereocenters. The summed E-state index contributed by atoms with van der Waals surface area (Å²) in [6.07, 6.45) is 0.741. The maximum absolute atomic E-state index is 12.4. The topological polar surface area (TPSA) is 89.5 Å². The van der Waals surface area contributed by atoms with E-state index >= 15 is 0 Å². The third-order valence-corrected chi connectivity index (χ3v) is 3.56. The van der Waals surface area contributed by atoms with Crippen molar-refractivity contribution in [2.45, 2.75) is 32.7 Å². The van der Waals surface area contributed by atoms with Crippen molar-refractivity contribution in [3.8, 4) is 0 Å². The fraction of sp³-hybridized carbons (Fsp3) is 0.462. The van der Waals surface area contributed by atoms with Crippen molar-refractivity contribution < 1.29 is 9.72 Å². The average Bonchev–Trinajstić information content (AvgIpc) is 2.36. The summed E-state index contributed by atoms with van der Waals surface area (Å²) in [7, 11) is 1.64. The van der Waals surface area contributed by atoms with E-state index in [-0.39, 0.29) is 22.5 Å². The molecule has 6 heteroatoms. The smallest absolute Gasteiger partial charge is 0.304 e. The number of hydrogen-bond donors (Lipinski definition) is 1. The monoisotopic (exact) mass is 265 g/mol. The van der Waals surface area contributed by atoms with Gasteiger partial charge in [-0.1, -0.05) is 13.0 Å². The van der Waals surface area contributed by atoms with E-state index < -0.39 is 10.8 Å². The van der Waals surface area contributed by atoms with Gasteiger partial charge in [0.25, 0.3) is 5.91 Å². The van der Waals surface area contributed by atoms with E-state index in [4.69, 9.17) is 5.73 Å². The molecular formula is C13H19N3O3. The molecule has 0 aliphatic heterocycles. The Morgan fingerprint density at radius 3 is 2.53 bits per heavy atom. The van der Waals surface area contributed by atoms with Crippen LogP contribution in [0.1, 0.15) is 37.6 Å². The zero-order chi connectivity index (χ0) is 14.8. The number of carbonyl (C=O) groups is 1. The Balaban J connectivity index is 3.28. The number of para-hydroxylation sites is 1. The lowest BCUT2D eigenvalue weighted by Gasteiger charge is -2.34. The first-order valence-corrected chi connectivity index (χ1v) is 6.03. The molecule has 0 aromatic heterocycles. The van der Waals surface area contributed by atoms with Crippen LogP contribution >= 0.6 is 0 Å². The van der Waals surface area contributed by atoms with Crippen LogP contribution in [0.25, 0.3) is 0 Å². The van der Waals surface area contributed by atoms with Crippen LogP contribution in [0.15, 0.2) is 18.2 Å². The minimum atomic E-state index is -0.616. The van der Waals surface area contributed by atoms with Crippen molar-refractivity contribution in [2.75, 3.05) is 12.8 Å². The van der Waals surface area contributed by atoms with Gasteiger partial charge in [-0.15, -0.1) is 0 Å². The number of benzene rings is 1. The Morgan fingerprint density at radius 2 is 2.05 bits per heavy atom. The summed E-state index contributed by atoms with van der Waals surface area (Å²) in [6, 6.07) is 4.39. The zero-order valence-corrected chi connectivity index (χ0v) is 11.6. The molecule has 0 aliphatic carbocycles. The van der Waals surface area contributed by atoms with E-state index in [0.717, 1.165) is 6.42 Å². The van der Waals surface area contributed by atoms with E-state index in [0.29, 0.717) is 0 Å². The number of nitrogens with two attached hydrogens (primary N) is 1. The van der Waals surface area contributed by atoms with E-state index in [1.807, 2.05) is 20.8 Å². The van der Waals surface area contributed by atoms with Gasteiger partial charge in [-0.3, -0.25) is 14.9 Å². The van der Waals surface area contributed by atoms with E-state index in [1.165, 1.54) is 17.0 Å². The zero-order valence-electron chi connectivity index (χ0n) is 11.6. The highest BCUT2D eigenvalue weighted by molar-refractivity contribution is 6.00. The molecule has 6 nitrogen and oxygen atoms in total. The molecule has 1 aromatic rings. The molecule has 0 aliphatic rings. The van der Waals surface area contributed by atoms with Gasteiger partial charge in [-0.05, 0) is 32.4 Å². The molecule has 0 spiro atoms. The molecule has 1 aromatic carbocycles. The molecule has 0 unspecified atom stereocenters. The number of nitro benzene ring substituents is 1. The SMILES string of the molecule is CCC(C)(C)N(C)C(=O)c1cccc(N)c1[N+](=O)[O-]. The molecule has 104 valence electrons. The van der Waals surface area contributed by atoms with Crippen LogP contribution in [-0.2, 0) is 0 Å². The van der Waals surface area contributed by atoms with E-state index in [2.05, 4.69) is 0 Å². The van der Waals surface area contributed by atoms with Crippen LogP contribution in [0.2, 0.25) is 0 Å². The van der Waals surface area contributed by atoms with Gasteiger partial charge < -0.3 is 10.6 Å². The van der Waals surface area contributed by atoms with Crippen LogP contribution in [-0.4, -0.2) is 28.3 Å². The standard InChI is InChI=1S/C13H19N3O3/c1-5-13(2,3)15(4)12(17)9-7-6-8-10(14)11(9)16(18)19/h6-8H,5,14H2,1-4H3. The lowest BCUT2D eigenvalue weighted by atomic mass is 9.98. The number of rotatable bonds is 4. The Hall–Kier alpha value is -2.11. The maximum atomic E-state index is 12.4. The van der Waals surface area contributed by atoms with Gasteiger partial charge >= 0.3 is 5.69 Å². The number of nitro groups is 1. The summed E-state index contributed by atoms with van der Waals surface area (Å²) in [5, 5.41) is 11.0. The molecule has 0 saturated carbocycles. The van der Waals surface area contributed by atoms with Crippen molar-refractivity contribution >= 4 is 17.3 Å². The minimum Gasteiger partial charge on any atom is -0.393 e. The number of nitrogens with zero attached hydrogens (tertiary/aromatic N) is 2. The van der Waals surface area contributed by atoms with Crippen LogP contribution in [0.5, 0.6) is 0 Å². The summed E-state index contributed by atoms with van der Waals surface area (Å²) in [6.45, 7) is 5.77. The van der Waals surface area contributed by atoms with Gasteiger partial charge in [0.2, 0.25) is 0 Å². The first kappa shape index (κ1) is 14.9. The second kappa shape index (κ2) is 5.26. The molecule has 0 heterocycles. The molecule has 19 heavy (non-hydrogen) atoms. The third-order valence-electron chi connectivity index (χ3n) is 3.56. The quantitative estimate of drug-likeness (QED) is 0.514. The van der Waals surface area contributed by atoms with E-state index in [1.54, 1.807) is 13.1 Å². The van der Waals surface area contributed by atoms with Gasteiger partial charge in [0, 0.05) is 12.6 Å². The Morgan fingerprint density at radius 1 is 1.47 bits per heavy atom. The molecule has 2 N–H and O–H groups in total. The van der Waals surface area contributed by atoms with Crippen LogP contribution in [0, 0.1) is 10.1 Å². The Bertz CT molecular complexity index is 512. The molecule has 1 rings (SSSR count). The molecular weight excluding hydrogens is 246 g/mol. The molecule has 0 saturated heterocycles. The van der Waals surface area contributed by atoms with Crippen molar-refractivity contribution in [3.05, 3.63) is 33.9 Å². The minimum absolute atomic E-state index is 0.00134. The number of carbonyl (C=O) groups excluding carboxylic acids is 1. The number of anilines is 1. The highest BCUT2D eigenvalue weighted by atomic mass is 16.6. The summed E-state index contributed by atoms with van der Waals surface area (Å²) < 4.78 is 0. The number of hydrogen-bond acceptors (Lipinski definition) is 4. The second-order valence-corrected chi connectivity index (χ2v) is 5.03. The van der Waals surface area contributed by atoms with Crippen LogP contribution in [0.3, 0.4) is 0 Å². The summed E-state index contributed by atoms with van der Waals surface area (Å²) >= 11 is 0. The average molecular weight is 265 g/mol. The number of amides is 1. The highest BCUT2D eigenvalue weighted by Gasteiger charge is 2.31. The highest BCUT2D eigenvalue weighted by Crippen LogP contribution is 2.29. The summed E-state index contributed by atoms with van der Waals surface area (Å²) in [4.78, 5) is 24.3. The van der Waals surface area contributed by atoms with Crippen molar-refractivity contribution in [3.63, 3.8) is 0 Å². The van der Waals surface area contributed by atoms with Gasteiger partial charge in [-0.2, -0.15) is 0 Å². The first-order chi connectivity index (χ1) is 8.72. The van der Waals surface area contributed by atoms with Gasteiger partial charge in [0.05, 0.1) is 4.92 Å². The van der Waals surface area contributed by atoms with Crippen LogP contribution in [0.4, 0.5) is 11.4 Å². The normalized spacial score (nSPS) is 11.2. The molecule has 1 amide bonds. The van der Waals surface area contributed by atoms with Crippen molar-refractivity contribution in [1.82, 2.24) is 4.90 Å². The maximum Gasteiger partial charge on any atom is 0.304 e. The predicted octanol–water partition coefficient (Wildman–Crippen LogP) is 2.44. The fourth-order valence-electron chi connectivity index (χ4n) is 1.63. The van der Waals surface area contributed by atoms with Gasteiger partial charge in [0.1, 0.15) is 11.3 Å². The third kappa shape index (κ3) is 2.83. The van der Waals surface area contributed by atoms with Crippen molar-refractivity contribution in [1.29, 1.82) is 0 Å². The summed E-state index contributed by atoms with van der Waals surface area (Å²) in [5.41, 5.74) is 4.90.